The van der Waals surface area contributed by atoms with Crippen molar-refractivity contribution in [3.8, 4) is 0 Å². The molecule has 1 fully saturated rings. The van der Waals surface area contributed by atoms with Gasteiger partial charge in [-0.1, -0.05) is 93.6 Å². The Bertz CT molecular complexity index is 859. The van der Waals surface area contributed by atoms with Gasteiger partial charge in [0, 0.05) is 12.6 Å². The summed E-state index contributed by atoms with van der Waals surface area (Å²) in [6.07, 6.45) is 7.60. The van der Waals surface area contributed by atoms with Crippen molar-refractivity contribution in [1.29, 1.82) is 0 Å². The topological polar surface area (TPSA) is 38.3 Å². The zero-order chi connectivity index (χ0) is 23.0. The molecule has 0 unspecified atom stereocenters. The fraction of sp³-hybridized carbons (Fsp3) is 0.483. The Balaban J connectivity index is 1.58. The summed E-state index contributed by atoms with van der Waals surface area (Å²) in [4.78, 5) is 12.9. The molecule has 1 aliphatic rings. The highest BCUT2D eigenvalue weighted by Gasteiger charge is 2.39. The Labute approximate surface area is 194 Å². The largest absolute Gasteiger partial charge is 0.462 e. The summed E-state index contributed by atoms with van der Waals surface area (Å²) < 4.78 is 6.08. The van der Waals surface area contributed by atoms with Crippen LogP contribution in [0.15, 0.2) is 72.8 Å². The maximum atomic E-state index is 12.9. The average Bonchev–Trinajstić information content (AvgIpc) is 2.80. The van der Waals surface area contributed by atoms with Gasteiger partial charge in [0.2, 0.25) is 0 Å². The van der Waals surface area contributed by atoms with E-state index in [4.69, 9.17) is 4.74 Å². The van der Waals surface area contributed by atoms with Crippen molar-refractivity contribution >= 4 is 5.97 Å². The highest BCUT2D eigenvalue weighted by Crippen LogP contribution is 2.43. The third kappa shape index (κ3) is 6.56. The molecule has 1 saturated carbocycles. The molecule has 3 heteroatoms. The lowest BCUT2D eigenvalue weighted by molar-refractivity contribution is -0.155. The minimum absolute atomic E-state index is 0.00961. The van der Waals surface area contributed by atoms with E-state index in [0.29, 0.717) is 18.3 Å². The second kappa shape index (κ2) is 11.5. The number of esters is 1. The fourth-order valence-corrected chi connectivity index (χ4v) is 4.89. The van der Waals surface area contributed by atoms with Crippen LogP contribution in [0, 0.1) is 11.8 Å². The molecule has 3 rings (SSSR count). The van der Waals surface area contributed by atoms with Gasteiger partial charge in [-0.25, -0.2) is 0 Å². The summed E-state index contributed by atoms with van der Waals surface area (Å²) in [5, 5.41) is 3.48. The number of rotatable bonds is 9. The van der Waals surface area contributed by atoms with E-state index in [1.807, 2.05) is 31.2 Å². The van der Waals surface area contributed by atoms with Gasteiger partial charge in [-0.15, -0.1) is 0 Å². The van der Waals surface area contributed by atoms with Gasteiger partial charge >= 0.3 is 5.97 Å². The van der Waals surface area contributed by atoms with Crippen molar-refractivity contribution in [2.45, 2.75) is 77.5 Å². The van der Waals surface area contributed by atoms with E-state index in [2.05, 4.69) is 74.6 Å². The molecule has 2 aromatic rings. The van der Waals surface area contributed by atoms with E-state index in [-0.39, 0.29) is 23.5 Å². The Morgan fingerprint density at radius 2 is 1.75 bits per heavy atom. The molecule has 0 radical (unpaired) electrons. The average molecular weight is 434 g/mol. The molecule has 0 heterocycles. The van der Waals surface area contributed by atoms with Crippen LogP contribution in [0.4, 0.5) is 0 Å². The maximum Gasteiger partial charge on any atom is 0.307 e. The Hall–Kier alpha value is -2.39. The Morgan fingerprint density at radius 1 is 1.09 bits per heavy atom. The first kappa shape index (κ1) is 24.3. The van der Waals surface area contributed by atoms with E-state index < -0.39 is 0 Å². The number of nitrogens with one attached hydrogen (secondary N) is 1. The number of carbonyl (C=O) groups excluding carboxylic acids is 1. The van der Waals surface area contributed by atoms with Crippen molar-refractivity contribution in [2.24, 2.45) is 11.8 Å². The summed E-state index contributed by atoms with van der Waals surface area (Å²) in [5.41, 5.74) is 2.64. The predicted octanol–water partition coefficient (Wildman–Crippen LogP) is 6.44. The molecule has 0 amide bonds. The lowest BCUT2D eigenvalue weighted by atomic mass is 9.65. The van der Waals surface area contributed by atoms with Crippen LogP contribution >= 0.6 is 0 Å². The van der Waals surface area contributed by atoms with Crippen LogP contribution in [-0.2, 0) is 21.5 Å². The normalized spacial score (nSPS) is 22.6. The van der Waals surface area contributed by atoms with Crippen molar-refractivity contribution in [3.63, 3.8) is 0 Å². The van der Waals surface area contributed by atoms with E-state index in [1.54, 1.807) is 0 Å². The standard InChI is InChI=1S/C29H39NO2/c1-5-12-26(30-21-23-13-8-6-9-14-23)20-28(31)32-27-19-25(18-17-22(27)2)29(3,4)24-15-10-7-11-16-24/h5-16,22,25-27,30H,17-21H2,1-4H3/b12-5+/t22-,25+,26-,27+/m0/s1. The molecule has 0 bridgehead atoms. The lowest BCUT2D eigenvalue weighted by Gasteiger charge is -2.42. The maximum absolute atomic E-state index is 12.9. The molecule has 0 saturated heterocycles. The number of allylic oxidation sites excluding steroid dienone is 1. The van der Waals surface area contributed by atoms with Gasteiger partial charge in [-0.3, -0.25) is 4.79 Å². The second-order valence-electron chi connectivity index (χ2n) is 9.81. The molecule has 172 valence electrons. The second-order valence-corrected chi connectivity index (χ2v) is 9.81. The number of carbonyl (C=O) groups is 1. The quantitative estimate of drug-likeness (QED) is 0.365. The van der Waals surface area contributed by atoms with Crippen molar-refractivity contribution in [1.82, 2.24) is 5.32 Å². The summed E-state index contributed by atoms with van der Waals surface area (Å²) >= 11 is 0. The van der Waals surface area contributed by atoms with Crippen LogP contribution < -0.4 is 5.32 Å². The molecule has 0 spiro atoms. The van der Waals surface area contributed by atoms with Crippen LogP contribution in [0.2, 0.25) is 0 Å². The van der Waals surface area contributed by atoms with Crippen molar-refractivity contribution in [3.05, 3.63) is 83.9 Å². The highest BCUT2D eigenvalue weighted by molar-refractivity contribution is 5.70. The predicted molar refractivity (Wildman–Crippen MR) is 132 cm³/mol. The summed E-state index contributed by atoms with van der Waals surface area (Å²) in [5.74, 6) is 0.796. The lowest BCUT2D eigenvalue weighted by Crippen LogP contribution is -2.40. The van der Waals surface area contributed by atoms with E-state index in [9.17, 15) is 4.79 Å². The molecule has 0 aliphatic heterocycles. The van der Waals surface area contributed by atoms with Crippen LogP contribution in [-0.4, -0.2) is 18.1 Å². The van der Waals surface area contributed by atoms with E-state index in [1.165, 1.54) is 17.5 Å². The monoisotopic (exact) mass is 433 g/mol. The van der Waals surface area contributed by atoms with Gasteiger partial charge in [0.15, 0.2) is 0 Å². The fourth-order valence-electron chi connectivity index (χ4n) is 4.89. The zero-order valence-electron chi connectivity index (χ0n) is 20.1. The van der Waals surface area contributed by atoms with Crippen molar-refractivity contribution < 1.29 is 9.53 Å². The summed E-state index contributed by atoms with van der Waals surface area (Å²) in [7, 11) is 0. The van der Waals surface area contributed by atoms with Gasteiger partial charge in [0.25, 0.3) is 0 Å². The first-order chi connectivity index (χ1) is 15.4. The number of hydrogen-bond donors (Lipinski definition) is 1. The molecular weight excluding hydrogens is 394 g/mol. The molecule has 4 atom stereocenters. The van der Waals surface area contributed by atoms with Crippen molar-refractivity contribution in [2.75, 3.05) is 0 Å². The summed E-state index contributed by atoms with van der Waals surface area (Å²) in [6, 6.07) is 21.0. The Morgan fingerprint density at radius 3 is 2.41 bits per heavy atom. The van der Waals surface area contributed by atoms with Crippen LogP contribution in [0.1, 0.15) is 64.5 Å². The van der Waals surface area contributed by atoms with Gasteiger partial charge < -0.3 is 10.1 Å². The molecule has 0 aromatic heterocycles. The molecular formula is C29H39NO2. The van der Waals surface area contributed by atoms with Gasteiger partial charge in [0.1, 0.15) is 6.10 Å². The number of benzene rings is 2. The third-order valence-corrected chi connectivity index (χ3v) is 7.17. The minimum atomic E-state index is -0.108. The molecule has 1 N–H and O–H groups in total. The van der Waals surface area contributed by atoms with Crippen LogP contribution in [0.25, 0.3) is 0 Å². The number of ether oxygens (including phenoxy) is 1. The molecule has 1 aliphatic carbocycles. The first-order valence-electron chi connectivity index (χ1n) is 12.0. The Kier molecular flexibility index (Phi) is 8.69. The van der Waals surface area contributed by atoms with E-state index in [0.717, 1.165) is 19.4 Å². The van der Waals surface area contributed by atoms with Crippen LogP contribution in [0.3, 0.4) is 0 Å². The van der Waals surface area contributed by atoms with Gasteiger partial charge in [-0.05, 0) is 54.6 Å². The third-order valence-electron chi connectivity index (χ3n) is 7.17. The highest BCUT2D eigenvalue weighted by atomic mass is 16.5. The number of hydrogen-bond acceptors (Lipinski definition) is 3. The molecule has 2 aromatic carbocycles. The van der Waals surface area contributed by atoms with Gasteiger partial charge in [-0.2, -0.15) is 0 Å². The molecule has 3 nitrogen and oxygen atoms in total. The van der Waals surface area contributed by atoms with E-state index >= 15 is 0 Å². The summed E-state index contributed by atoms with van der Waals surface area (Å²) in [6.45, 7) is 9.61. The first-order valence-corrected chi connectivity index (χ1v) is 12.0. The smallest absolute Gasteiger partial charge is 0.307 e. The molecule has 32 heavy (non-hydrogen) atoms. The zero-order valence-corrected chi connectivity index (χ0v) is 20.1. The minimum Gasteiger partial charge on any atom is -0.462 e. The van der Waals surface area contributed by atoms with Crippen LogP contribution in [0.5, 0.6) is 0 Å². The van der Waals surface area contributed by atoms with Gasteiger partial charge in [0.05, 0.1) is 6.42 Å². The SMILES string of the molecule is C/C=C/[C@@H](CC(=O)O[C@@H]1C[C@H](C(C)(C)c2ccccc2)CC[C@@H]1C)NCc1ccccc1.